The lowest BCUT2D eigenvalue weighted by Crippen LogP contribution is -2.29. The van der Waals surface area contributed by atoms with Crippen LogP contribution in [0.5, 0.6) is 0 Å². The molecule has 2 radical (unpaired) electrons. The second-order valence-corrected chi connectivity index (χ2v) is 6.10. The maximum absolute atomic E-state index is 9.03. The highest BCUT2D eigenvalue weighted by atomic mass is 31.2. The fourth-order valence-corrected chi connectivity index (χ4v) is 2.78. The van der Waals surface area contributed by atoms with Gasteiger partial charge in [0.05, 0.1) is 6.10 Å². The van der Waals surface area contributed by atoms with E-state index in [0.717, 1.165) is 11.4 Å². The molecule has 8 heteroatoms. The summed E-state index contributed by atoms with van der Waals surface area (Å²) in [5, 5.41) is 0. The van der Waals surface area contributed by atoms with Gasteiger partial charge in [0.25, 0.3) is 0 Å². The zero-order valence-electron chi connectivity index (χ0n) is 10.7. The standard InChI is InChI=1S/C12H16BNO5P/c13-9(7-20(15,16)17)12-11(19-14)6-10(18-12)8-4-2-1-3-5-8/h1-5,7,10-12,15-17H,6,14H2/q+1/b9-7-/t10?,11-,12?/m0/s1. The Morgan fingerprint density at radius 2 is 2.00 bits per heavy atom. The maximum atomic E-state index is 9.03. The summed E-state index contributed by atoms with van der Waals surface area (Å²) in [6, 6.07) is 9.47. The predicted molar refractivity (Wildman–Crippen MR) is 75.1 cm³/mol. The maximum Gasteiger partial charge on any atom is 0.432 e. The highest BCUT2D eigenvalue weighted by Crippen LogP contribution is 2.48. The molecule has 5 N–H and O–H groups in total. The van der Waals surface area contributed by atoms with Gasteiger partial charge >= 0.3 is 7.94 Å². The molecule has 0 amide bonds. The van der Waals surface area contributed by atoms with Crippen molar-refractivity contribution >= 4 is 15.8 Å². The van der Waals surface area contributed by atoms with Gasteiger partial charge in [-0.15, -0.1) is 0 Å². The van der Waals surface area contributed by atoms with E-state index in [0.29, 0.717) is 6.42 Å². The molecule has 0 spiro atoms. The first-order valence-electron chi connectivity index (χ1n) is 6.02. The molecular formula is C12H16BNO5P+. The number of hydrogen-bond donors (Lipinski definition) is 4. The number of benzene rings is 1. The molecule has 1 saturated heterocycles. The van der Waals surface area contributed by atoms with E-state index in [1.54, 1.807) is 0 Å². The van der Waals surface area contributed by atoms with Gasteiger partial charge in [-0.3, -0.25) is 4.84 Å². The van der Waals surface area contributed by atoms with Gasteiger partial charge in [0.15, 0.2) is 0 Å². The van der Waals surface area contributed by atoms with E-state index in [1.165, 1.54) is 0 Å². The van der Waals surface area contributed by atoms with Crippen molar-refractivity contribution in [1.82, 2.24) is 0 Å². The fourth-order valence-electron chi connectivity index (χ4n) is 2.23. The van der Waals surface area contributed by atoms with Crippen LogP contribution in [0.2, 0.25) is 0 Å². The van der Waals surface area contributed by atoms with E-state index in [2.05, 4.69) is 0 Å². The second kappa shape index (κ2) is 6.32. The topological polar surface area (TPSA) is 105 Å². The van der Waals surface area contributed by atoms with Crippen molar-refractivity contribution in [2.24, 2.45) is 5.90 Å². The van der Waals surface area contributed by atoms with Crippen molar-refractivity contribution < 1.29 is 24.3 Å². The van der Waals surface area contributed by atoms with Crippen LogP contribution in [-0.4, -0.2) is 34.7 Å². The molecular weight excluding hydrogens is 280 g/mol. The van der Waals surface area contributed by atoms with Gasteiger partial charge in [-0.05, 0) is 11.0 Å². The molecule has 20 heavy (non-hydrogen) atoms. The van der Waals surface area contributed by atoms with E-state index < -0.39 is 20.2 Å². The van der Waals surface area contributed by atoms with Crippen LogP contribution >= 0.6 is 7.94 Å². The molecule has 1 aromatic rings. The molecule has 2 unspecified atom stereocenters. The minimum atomic E-state index is -4.12. The normalized spacial score (nSPS) is 27.8. The molecule has 2 rings (SSSR count). The van der Waals surface area contributed by atoms with Gasteiger partial charge in [0.2, 0.25) is 0 Å². The minimum absolute atomic E-state index is 0.0142. The fraction of sp³-hybridized carbons (Fsp3) is 0.333. The van der Waals surface area contributed by atoms with Crippen LogP contribution in [0.25, 0.3) is 0 Å². The SMILES string of the molecule is [B]/C(=C\[P+](O)(O)O)C1OC(c2ccccc2)C[C@@H]1ON. The summed E-state index contributed by atoms with van der Waals surface area (Å²) in [4.78, 5) is 31.9. The summed E-state index contributed by atoms with van der Waals surface area (Å²) < 4.78 is 5.74. The first kappa shape index (κ1) is 15.6. The Morgan fingerprint density at radius 3 is 2.55 bits per heavy atom. The molecule has 1 aliphatic rings. The Morgan fingerprint density at radius 1 is 1.35 bits per heavy atom. The highest BCUT2D eigenvalue weighted by Gasteiger charge is 2.39. The van der Waals surface area contributed by atoms with Gasteiger partial charge in [0.1, 0.15) is 25.9 Å². The van der Waals surface area contributed by atoms with E-state index in [-0.39, 0.29) is 11.6 Å². The zero-order chi connectivity index (χ0) is 14.8. The van der Waals surface area contributed by atoms with Crippen LogP contribution < -0.4 is 5.90 Å². The van der Waals surface area contributed by atoms with E-state index in [9.17, 15) is 0 Å². The quantitative estimate of drug-likeness (QED) is 0.367. The molecule has 0 aromatic heterocycles. The number of ether oxygens (including phenoxy) is 1. The monoisotopic (exact) mass is 296 g/mol. The number of hydrogen-bond acceptors (Lipinski definition) is 6. The van der Waals surface area contributed by atoms with E-state index in [4.69, 9.17) is 38.0 Å². The lowest BCUT2D eigenvalue weighted by molar-refractivity contribution is -0.00197. The van der Waals surface area contributed by atoms with Crippen molar-refractivity contribution in [3.05, 3.63) is 47.2 Å². The lowest BCUT2D eigenvalue weighted by atomic mass is 9.89. The van der Waals surface area contributed by atoms with Crippen LogP contribution in [0.1, 0.15) is 18.1 Å². The third-order valence-corrected chi connectivity index (χ3v) is 3.74. The average Bonchev–Trinajstić information content (AvgIpc) is 2.82. The smallest absolute Gasteiger partial charge is 0.364 e. The predicted octanol–water partition coefficient (Wildman–Crippen LogP) is 0.525. The first-order valence-corrected chi connectivity index (χ1v) is 7.73. The third-order valence-electron chi connectivity index (χ3n) is 3.09. The summed E-state index contributed by atoms with van der Waals surface area (Å²) >= 11 is 0. The molecule has 3 atom stereocenters. The van der Waals surface area contributed by atoms with Crippen LogP contribution in [-0.2, 0) is 9.57 Å². The third kappa shape index (κ3) is 3.87. The van der Waals surface area contributed by atoms with Gasteiger partial charge in [-0.2, -0.15) is 14.7 Å². The van der Waals surface area contributed by atoms with Gasteiger partial charge in [-0.1, -0.05) is 30.3 Å². The molecule has 1 fully saturated rings. The zero-order valence-corrected chi connectivity index (χ0v) is 11.6. The van der Waals surface area contributed by atoms with Gasteiger partial charge in [0, 0.05) is 6.42 Å². The molecule has 0 bridgehead atoms. The minimum Gasteiger partial charge on any atom is -0.364 e. The molecule has 0 saturated carbocycles. The summed E-state index contributed by atoms with van der Waals surface area (Å²) in [5.74, 6) is 6.01. The molecule has 0 aliphatic carbocycles. The molecule has 1 heterocycles. The molecule has 1 aromatic carbocycles. The van der Waals surface area contributed by atoms with Crippen LogP contribution in [0, 0.1) is 0 Å². The largest absolute Gasteiger partial charge is 0.432 e. The molecule has 1 aliphatic heterocycles. The Labute approximate surface area is 118 Å². The van der Waals surface area contributed by atoms with Crippen molar-refractivity contribution in [3.8, 4) is 0 Å². The van der Waals surface area contributed by atoms with Crippen LogP contribution in [0.4, 0.5) is 0 Å². The number of nitrogens with two attached hydrogens (primary N) is 1. The Kier molecular flexibility index (Phi) is 4.93. The lowest BCUT2D eigenvalue weighted by Gasteiger charge is -2.17. The summed E-state index contributed by atoms with van der Waals surface area (Å²) in [5.41, 5.74) is 0.933. The van der Waals surface area contributed by atoms with Crippen molar-refractivity contribution in [2.75, 3.05) is 0 Å². The van der Waals surface area contributed by atoms with Crippen LogP contribution in [0.3, 0.4) is 0 Å². The van der Waals surface area contributed by atoms with Crippen molar-refractivity contribution in [3.63, 3.8) is 0 Å². The van der Waals surface area contributed by atoms with Crippen molar-refractivity contribution in [2.45, 2.75) is 24.7 Å². The second-order valence-electron chi connectivity index (χ2n) is 4.61. The van der Waals surface area contributed by atoms with Crippen molar-refractivity contribution in [1.29, 1.82) is 0 Å². The van der Waals surface area contributed by atoms with E-state index >= 15 is 0 Å². The summed E-state index contributed by atoms with van der Waals surface area (Å²) in [7, 11) is 1.60. The summed E-state index contributed by atoms with van der Waals surface area (Å²) in [6.45, 7) is 0. The summed E-state index contributed by atoms with van der Waals surface area (Å²) in [6.07, 6.45) is -1.04. The van der Waals surface area contributed by atoms with Gasteiger partial charge < -0.3 is 4.74 Å². The molecule has 6 nitrogen and oxygen atoms in total. The Bertz CT molecular complexity index is 478. The Hall–Kier alpha value is -0.785. The average molecular weight is 296 g/mol. The Balaban J connectivity index is 2.17. The van der Waals surface area contributed by atoms with Gasteiger partial charge in [-0.25, -0.2) is 5.90 Å². The molecule has 106 valence electrons. The van der Waals surface area contributed by atoms with Crippen LogP contribution in [0.15, 0.2) is 41.6 Å². The van der Waals surface area contributed by atoms with E-state index in [1.807, 2.05) is 30.3 Å². The number of rotatable bonds is 4. The highest BCUT2D eigenvalue weighted by molar-refractivity contribution is 7.62. The first-order chi connectivity index (χ1) is 9.40.